The molecule has 0 bridgehead atoms. The van der Waals surface area contributed by atoms with Gasteiger partial charge in [0.1, 0.15) is 0 Å². The molecule has 1 heterocycles. The van der Waals surface area contributed by atoms with Crippen LogP contribution in [0.25, 0.3) is 0 Å². The molecule has 13 heavy (non-hydrogen) atoms. The van der Waals surface area contributed by atoms with Gasteiger partial charge in [0.2, 0.25) is 0 Å². The van der Waals surface area contributed by atoms with Gasteiger partial charge in [-0.15, -0.1) is 0 Å². The van der Waals surface area contributed by atoms with E-state index < -0.39 is 0 Å². The third kappa shape index (κ3) is 3.35. The van der Waals surface area contributed by atoms with Crippen molar-refractivity contribution in [3.8, 4) is 0 Å². The predicted molar refractivity (Wildman–Crippen MR) is 55.0 cm³/mol. The Kier molecular flexibility index (Phi) is 4.22. The van der Waals surface area contributed by atoms with Crippen molar-refractivity contribution in [1.29, 1.82) is 0 Å². The summed E-state index contributed by atoms with van der Waals surface area (Å²) in [6.45, 7) is 9.57. The Hall–Kier alpha value is -0.570. The maximum Gasteiger partial charge on any atom is 0.0770 e. The summed E-state index contributed by atoms with van der Waals surface area (Å²) in [5, 5.41) is 5.89. The third-order valence-corrected chi connectivity index (χ3v) is 2.54. The van der Waals surface area contributed by atoms with Crippen LogP contribution in [0.5, 0.6) is 0 Å². The number of rotatable bonds is 4. The molecular formula is C10H20N2O. The summed E-state index contributed by atoms with van der Waals surface area (Å²) in [5.41, 5.74) is 0. The molecule has 0 aromatic rings. The van der Waals surface area contributed by atoms with Crippen molar-refractivity contribution in [3.05, 3.63) is 0 Å². The molecule has 0 aromatic carbocycles. The molecule has 1 saturated heterocycles. The lowest BCUT2D eigenvalue weighted by Crippen LogP contribution is -2.35. The molecule has 0 N–H and O–H groups in total. The van der Waals surface area contributed by atoms with Gasteiger partial charge in [-0.25, -0.2) is 0 Å². The minimum absolute atomic E-state index is 0.356. The van der Waals surface area contributed by atoms with Crippen LogP contribution < -0.4 is 0 Å². The van der Waals surface area contributed by atoms with Gasteiger partial charge in [0.15, 0.2) is 0 Å². The van der Waals surface area contributed by atoms with Gasteiger partial charge < -0.3 is 4.74 Å². The Morgan fingerprint density at radius 2 is 2.31 bits per heavy atom. The fraction of sp³-hybridized carbons (Fsp3) is 0.900. The molecule has 1 aliphatic heterocycles. The van der Waals surface area contributed by atoms with E-state index in [1.54, 1.807) is 0 Å². The highest BCUT2D eigenvalue weighted by Gasteiger charge is 2.20. The zero-order chi connectivity index (χ0) is 9.68. The lowest BCUT2D eigenvalue weighted by Gasteiger charge is -2.30. The summed E-state index contributed by atoms with van der Waals surface area (Å²) in [4.78, 5) is 0. The highest BCUT2D eigenvalue weighted by atomic mass is 16.5. The first-order chi connectivity index (χ1) is 6.26. The Bertz CT molecular complexity index is 161. The molecule has 1 fully saturated rings. The van der Waals surface area contributed by atoms with E-state index in [1.807, 2.05) is 5.01 Å². The summed E-state index contributed by atoms with van der Waals surface area (Å²) < 4.78 is 5.79. The molecule has 0 amide bonds. The van der Waals surface area contributed by atoms with E-state index in [2.05, 4.69) is 25.7 Å². The van der Waals surface area contributed by atoms with Crippen LogP contribution in [0.1, 0.15) is 33.1 Å². The second kappa shape index (κ2) is 5.22. The van der Waals surface area contributed by atoms with E-state index in [-0.39, 0.29) is 0 Å². The highest BCUT2D eigenvalue weighted by molar-refractivity contribution is 5.22. The van der Waals surface area contributed by atoms with Crippen molar-refractivity contribution in [2.75, 3.05) is 13.1 Å². The fourth-order valence-corrected chi connectivity index (χ4v) is 1.75. The molecule has 0 aromatic heterocycles. The molecular weight excluding hydrogens is 164 g/mol. The van der Waals surface area contributed by atoms with Crippen molar-refractivity contribution >= 4 is 6.72 Å². The second-order valence-electron chi connectivity index (χ2n) is 3.65. The smallest absolute Gasteiger partial charge is 0.0770 e. The van der Waals surface area contributed by atoms with Gasteiger partial charge in [0.25, 0.3) is 0 Å². The van der Waals surface area contributed by atoms with Crippen LogP contribution in [0.15, 0.2) is 5.10 Å². The Morgan fingerprint density at radius 3 is 2.85 bits per heavy atom. The van der Waals surface area contributed by atoms with Crippen molar-refractivity contribution in [1.82, 2.24) is 5.01 Å². The zero-order valence-electron chi connectivity index (χ0n) is 8.70. The van der Waals surface area contributed by atoms with Crippen LogP contribution in [0.4, 0.5) is 0 Å². The summed E-state index contributed by atoms with van der Waals surface area (Å²) >= 11 is 0. The summed E-state index contributed by atoms with van der Waals surface area (Å²) in [5.74, 6) is 0. The second-order valence-corrected chi connectivity index (χ2v) is 3.65. The van der Waals surface area contributed by atoms with Gasteiger partial charge in [-0.2, -0.15) is 5.10 Å². The molecule has 0 saturated carbocycles. The van der Waals surface area contributed by atoms with E-state index in [1.165, 1.54) is 12.8 Å². The first kappa shape index (κ1) is 10.5. The van der Waals surface area contributed by atoms with Crippen LogP contribution in [0.3, 0.4) is 0 Å². The van der Waals surface area contributed by atoms with E-state index in [4.69, 9.17) is 4.74 Å². The highest BCUT2D eigenvalue weighted by Crippen LogP contribution is 2.19. The SMILES string of the molecule is C=NN(CC)CC1CCCC(C)O1. The average molecular weight is 184 g/mol. The number of likely N-dealkylation sites (N-methyl/N-ethyl adjacent to an activating group) is 1. The van der Waals surface area contributed by atoms with Gasteiger partial charge in [-0.1, -0.05) is 0 Å². The van der Waals surface area contributed by atoms with E-state index in [0.29, 0.717) is 12.2 Å². The van der Waals surface area contributed by atoms with Crippen LogP contribution in [0, 0.1) is 0 Å². The monoisotopic (exact) mass is 184 g/mol. The average Bonchev–Trinajstić information content (AvgIpc) is 2.14. The molecule has 2 atom stereocenters. The van der Waals surface area contributed by atoms with Gasteiger partial charge in [0.05, 0.1) is 18.8 Å². The number of ether oxygens (including phenoxy) is 1. The Labute approximate surface area is 80.8 Å². The molecule has 3 nitrogen and oxygen atoms in total. The number of hydrazone groups is 1. The minimum Gasteiger partial charge on any atom is -0.373 e. The van der Waals surface area contributed by atoms with E-state index in [0.717, 1.165) is 19.5 Å². The predicted octanol–water partition coefficient (Wildman–Crippen LogP) is 1.88. The lowest BCUT2D eigenvalue weighted by atomic mass is 10.1. The van der Waals surface area contributed by atoms with Gasteiger partial charge >= 0.3 is 0 Å². The van der Waals surface area contributed by atoms with Crippen LogP contribution >= 0.6 is 0 Å². The largest absolute Gasteiger partial charge is 0.373 e. The van der Waals surface area contributed by atoms with Crippen molar-refractivity contribution in [2.24, 2.45) is 5.10 Å². The van der Waals surface area contributed by atoms with E-state index in [9.17, 15) is 0 Å². The number of hydrogen-bond acceptors (Lipinski definition) is 3. The molecule has 1 rings (SSSR count). The van der Waals surface area contributed by atoms with Crippen LogP contribution in [-0.2, 0) is 4.74 Å². The van der Waals surface area contributed by atoms with Gasteiger partial charge in [-0.3, -0.25) is 5.01 Å². The zero-order valence-corrected chi connectivity index (χ0v) is 8.70. The van der Waals surface area contributed by atoms with Gasteiger partial charge in [-0.05, 0) is 33.1 Å². The first-order valence-electron chi connectivity index (χ1n) is 5.13. The molecule has 0 aliphatic carbocycles. The maximum absolute atomic E-state index is 5.79. The number of nitrogens with zero attached hydrogens (tertiary/aromatic N) is 2. The molecule has 3 heteroatoms. The van der Waals surface area contributed by atoms with Crippen molar-refractivity contribution < 1.29 is 4.74 Å². The number of hydrogen-bond donors (Lipinski definition) is 0. The van der Waals surface area contributed by atoms with Crippen molar-refractivity contribution in [2.45, 2.75) is 45.3 Å². The van der Waals surface area contributed by atoms with Crippen LogP contribution in [-0.4, -0.2) is 37.0 Å². The Balaban J connectivity index is 2.30. The Morgan fingerprint density at radius 1 is 1.54 bits per heavy atom. The first-order valence-corrected chi connectivity index (χ1v) is 5.13. The lowest BCUT2D eigenvalue weighted by molar-refractivity contribution is -0.0531. The quantitative estimate of drug-likeness (QED) is 0.492. The van der Waals surface area contributed by atoms with Crippen LogP contribution in [0.2, 0.25) is 0 Å². The topological polar surface area (TPSA) is 24.8 Å². The normalized spacial score (nSPS) is 28.5. The molecule has 0 radical (unpaired) electrons. The van der Waals surface area contributed by atoms with E-state index >= 15 is 0 Å². The maximum atomic E-state index is 5.79. The van der Waals surface area contributed by atoms with Crippen molar-refractivity contribution in [3.63, 3.8) is 0 Å². The summed E-state index contributed by atoms with van der Waals surface area (Å²) in [7, 11) is 0. The minimum atomic E-state index is 0.356. The standard InChI is InChI=1S/C10H20N2O/c1-4-12(11-3)8-10-7-5-6-9(2)13-10/h9-10H,3-8H2,1-2H3. The molecule has 76 valence electrons. The third-order valence-electron chi connectivity index (χ3n) is 2.54. The summed E-state index contributed by atoms with van der Waals surface area (Å²) in [6.07, 6.45) is 4.41. The fourth-order valence-electron chi connectivity index (χ4n) is 1.75. The molecule has 2 unspecified atom stereocenters. The molecule has 0 spiro atoms. The van der Waals surface area contributed by atoms with Gasteiger partial charge in [0, 0.05) is 13.3 Å². The summed E-state index contributed by atoms with van der Waals surface area (Å²) in [6, 6.07) is 0. The molecule has 1 aliphatic rings.